The van der Waals surface area contributed by atoms with Gasteiger partial charge in [-0.05, 0) is 64.2 Å². The SMILES string of the molecule is Cc1c([C@H](CC(=O)O)c2cc(CN3Cc4nc(O)ccc4O[C@H](C(C)(F)F)C3)c3sccc3c2)ccc2c1nnn2C. The number of nitrogens with zero attached hydrogens (tertiary/aromatic N) is 5. The Morgan fingerprint density at radius 3 is 2.81 bits per heavy atom. The summed E-state index contributed by atoms with van der Waals surface area (Å²) >= 11 is 1.54. The van der Waals surface area contributed by atoms with Gasteiger partial charge in [0.25, 0.3) is 5.92 Å². The zero-order valence-electron chi connectivity index (χ0n) is 23.2. The van der Waals surface area contributed by atoms with Crippen LogP contribution >= 0.6 is 11.3 Å². The highest BCUT2D eigenvalue weighted by Gasteiger charge is 2.40. The molecular formula is C30H29F2N5O4S. The van der Waals surface area contributed by atoms with Crippen molar-refractivity contribution in [3.05, 3.63) is 75.8 Å². The highest BCUT2D eigenvalue weighted by Crippen LogP contribution is 2.38. The molecule has 5 aromatic rings. The summed E-state index contributed by atoms with van der Waals surface area (Å²) in [5, 5.41) is 31.2. The molecule has 0 aliphatic carbocycles. The zero-order chi connectivity index (χ0) is 29.8. The second kappa shape index (κ2) is 10.6. The lowest BCUT2D eigenvalue weighted by Gasteiger charge is -2.28. The molecule has 6 rings (SSSR count). The van der Waals surface area contributed by atoms with Crippen molar-refractivity contribution in [2.75, 3.05) is 6.54 Å². The Balaban J connectivity index is 1.43. The van der Waals surface area contributed by atoms with Gasteiger partial charge < -0.3 is 14.9 Å². The van der Waals surface area contributed by atoms with Crippen molar-refractivity contribution in [2.45, 2.75) is 51.3 Å². The van der Waals surface area contributed by atoms with E-state index in [-0.39, 0.29) is 31.1 Å². The summed E-state index contributed by atoms with van der Waals surface area (Å²) in [6.45, 7) is 3.17. The standard InChI is InChI=1S/C30H29F2N5O4S/c1-16-20(4-5-23-28(16)34-35-36(23)3)21(12-27(39)40)18-10-17-8-9-42-29(17)19(11-18)13-37-14-22-24(6-7-26(38)33-22)41-25(15-37)30(2,31)32/h4-11,21,25H,12-15H2,1-3H3,(H,33,38)(H,39,40)/t21-,25+/m1/s1. The molecule has 2 N–H and O–H groups in total. The lowest BCUT2D eigenvalue weighted by atomic mass is 9.84. The number of hydrogen-bond acceptors (Lipinski definition) is 8. The first-order valence-corrected chi connectivity index (χ1v) is 14.3. The van der Waals surface area contributed by atoms with Gasteiger partial charge in [-0.1, -0.05) is 17.3 Å². The molecule has 0 saturated heterocycles. The van der Waals surface area contributed by atoms with Crippen LogP contribution in [-0.2, 0) is 24.9 Å². The summed E-state index contributed by atoms with van der Waals surface area (Å²) in [6, 6.07) is 12.6. The Bertz CT molecular complexity index is 1820. The molecule has 4 heterocycles. The highest BCUT2D eigenvalue weighted by molar-refractivity contribution is 7.17. The molecular weight excluding hydrogens is 564 g/mol. The van der Waals surface area contributed by atoms with E-state index in [1.165, 1.54) is 12.1 Å². The van der Waals surface area contributed by atoms with Crippen LogP contribution < -0.4 is 4.74 Å². The number of aliphatic carboxylic acids is 1. The smallest absolute Gasteiger partial charge is 0.304 e. The number of benzene rings is 2. The molecule has 9 nitrogen and oxygen atoms in total. The van der Waals surface area contributed by atoms with Crippen LogP contribution in [0.1, 0.15) is 47.2 Å². The minimum Gasteiger partial charge on any atom is -0.493 e. The van der Waals surface area contributed by atoms with E-state index in [1.54, 1.807) is 16.0 Å². The van der Waals surface area contributed by atoms with Gasteiger partial charge in [0.2, 0.25) is 5.88 Å². The minimum atomic E-state index is -3.12. The molecule has 2 aromatic carbocycles. The zero-order valence-corrected chi connectivity index (χ0v) is 24.0. The van der Waals surface area contributed by atoms with Crippen molar-refractivity contribution in [2.24, 2.45) is 7.05 Å². The summed E-state index contributed by atoms with van der Waals surface area (Å²) in [5.41, 5.74) is 5.33. The Kier molecular flexibility index (Phi) is 7.06. The van der Waals surface area contributed by atoms with Gasteiger partial charge >= 0.3 is 5.97 Å². The second-order valence-corrected chi connectivity index (χ2v) is 11.8. The Morgan fingerprint density at radius 1 is 1.24 bits per heavy atom. The van der Waals surface area contributed by atoms with Crippen LogP contribution in [0.25, 0.3) is 21.1 Å². The number of aromatic hydroxyl groups is 1. The van der Waals surface area contributed by atoms with Crippen LogP contribution in [0.5, 0.6) is 11.6 Å². The molecule has 0 bridgehead atoms. The van der Waals surface area contributed by atoms with Crippen molar-refractivity contribution < 1.29 is 28.5 Å². The molecule has 0 amide bonds. The monoisotopic (exact) mass is 593 g/mol. The van der Waals surface area contributed by atoms with Gasteiger partial charge in [-0.3, -0.25) is 9.69 Å². The van der Waals surface area contributed by atoms with E-state index in [4.69, 9.17) is 4.74 Å². The fraction of sp³-hybridized carbons (Fsp3) is 0.333. The van der Waals surface area contributed by atoms with E-state index in [2.05, 4.69) is 15.3 Å². The third-order valence-corrected chi connectivity index (χ3v) is 8.84. The molecule has 1 aliphatic rings. The van der Waals surface area contributed by atoms with Crippen LogP contribution in [0.2, 0.25) is 0 Å². The first kappa shape index (κ1) is 28.0. The summed E-state index contributed by atoms with van der Waals surface area (Å²) in [7, 11) is 1.81. The maximum Gasteiger partial charge on any atom is 0.304 e. The predicted octanol–water partition coefficient (Wildman–Crippen LogP) is 5.62. The Labute approximate surface area is 244 Å². The van der Waals surface area contributed by atoms with Crippen molar-refractivity contribution in [3.8, 4) is 11.6 Å². The normalized spacial score (nSPS) is 16.7. The molecule has 0 fully saturated rings. The van der Waals surface area contributed by atoms with Crippen LogP contribution in [0.3, 0.4) is 0 Å². The number of hydrogen-bond donors (Lipinski definition) is 2. The van der Waals surface area contributed by atoms with E-state index in [1.807, 2.05) is 54.6 Å². The number of pyridine rings is 1. The first-order chi connectivity index (χ1) is 20.0. The number of aryl methyl sites for hydroxylation is 2. The Morgan fingerprint density at radius 2 is 2.05 bits per heavy atom. The number of carboxylic acids is 1. The molecule has 3 aromatic heterocycles. The fourth-order valence-electron chi connectivity index (χ4n) is 5.73. The summed E-state index contributed by atoms with van der Waals surface area (Å²) in [4.78, 5) is 18.1. The summed E-state index contributed by atoms with van der Waals surface area (Å²) in [5.74, 6) is -4.54. The lowest BCUT2D eigenvalue weighted by Crippen LogP contribution is -2.43. The van der Waals surface area contributed by atoms with Gasteiger partial charge in [0.05, 0.1) is 11.9 Å². The molecule has 0 spiro atoms. The van der Waals surface area contributed by atoms with Gasteiger partial charge in [-0.2, -0.15) is 0 Å². The Hall–Kier alpha value is -4.16. The maximum absolute atomic E-state index is 14.6. The largest absolute Gasteiger partial charge is 0.493 e. The predicted molar refractivity (Wildman–Crippen MR) is 154 cm³/mol. The van der Waals surface area contributed by atoms with Crippen molar-refractivity contribution in [1.29, 1.82) is 0 Å². The molecule has 0 saturated carbocycles. The fourth-order valence-corrected chi connectivity index (χ4v) is 6.62. The summed E-state index contributed by atoms with van der Waals surface area (Å²) < 4.78 is 37.6. The third kappa shape index (κ3) is 5.27. The molecule has 12 heteroatoms. The number of alkyl halides is 2. The van der Waals surface area contributed by atoms with Crippen LogP contribution in [0.15, 0.2) is 47.8 Å². The molecule has 0 unspecified atom stereocenters. The maximum atomic E-state index is 14.6. The quantitative estimate of drug-likeness (QED) is 0.250. The third-order valence-electron chi connectivity index (χ3n) is 7.83. The molecule has 1 aliphatic heterocycles. The topological polar surface area (TPSA) is 114 Å². The highest BCUT2D eigenvalue weighted by atomic mass is 32.1. The van der Waals surface area contributed by atoms with Crippen molar-refractivity contribution >= 4 is 38.4 Å². The van der Waals surface area contributed by atoms with Gasteiger partial charge in [0.15, 0.2) is 6.10 Å². The van der Waals surface area contributed by atoms with Gasteiger partial charge in [-0.25, -0.2) is 18.4 Å². The van der Waals surface area contributed by atoms with Crippen LogP contribution in [0, 0.1) is 6.92 Å². The number of rotatable bonds is 7. The van der Waals surface area contributed by atoms with Crippen LogP contribution in [-0.4, -0.2) is 59.6 Å². The lowest BCUT2D eigenvalue weighted by molar-refractivity contribution is -0.137. The van der Waals surface area contributed by atoms with E-state index in [0.717, 1.165) is 44.8 Å². The average Bonchev–Trinajstić information content (AvgIpc) is 3.50. The first-order valence-electron chi connectivity index (χ1n) is 13.4. The molecule has 218 valence electrons. The van der Waals surface area contributed by atoms with E-state index < -0.39 is 23.9 Å². The second-order valence-electron chi connectivity index (χ2n) is 10.9. The van der Waals surface area contributed by atoms with E-state index in [0.29, 0.717) is 17.8 Å². The summed E-state index contributed by atoms with van der Waals surface area (Å²) in [6.07, 6.45) is -1.56. The van der Waals surface area contributed by atoms with E-state index >= 15 is 0 Å². The van der Waals surface area contributed by atoms with Gasteiger partial charge in [-0.15, -0.1) is 16.4 Å². The van der Waals surface area contributed by atoms with Crippen LogP contribution in [0.4, 0.5) is 8.78 Å². The molecule has 2 atom stereocenters. The number of ether oxygens (including phenoxy) is 1. The van der Waals surface area contributed by atoms with Gasteiger partial charge in [0.1, 0.15) is 17.0 Å². The molecule has 42 heavy (non-hydrogen) atoms. The molecule has 0 radical (unpaired) electrons. The van der Waals surface area contributed by atoms with Gasteiger partial charge in [0, 0.05) is 50.3 Å². The number of aromatic nitrogens is 4. The van der Waals surface area contributed by atoms with Crippen molar-refractivity contribution in [1.82, 2.24) is 24.9 Å². The number of carbonyl (C=O) groups is 1. The van der Waals surface area contributed by atoms with E-state index in [9.17, 15) is 23.8 Å². The average molecular weight is 594 g/mol. The number of fused-ring (bicyclic) bond motifs is 3. The number of thiophene rings is 1. The minimum absolute atomic E-state index is 0.0707. The number of halogens is 2. The van der Waals surface area contributed by atoms with Crippen molar-refractivity contribution in [3.63, 3.8) is 0 Å². The number of carboxylic acid groups (broad SMARTS) is 1.